The van der Waals surface area contributed by atoms with Gasteiger partial charge in [-0.3, -0.25) is 9.69 Å². The number of carbonyl (C=O) groups excluding carboxylic acids is 1. The molecule has 7 nitrogen and oxygen atoms in total. The second-order valence-electron chi connectivity index (χ2n) is 7.29. The molecule has 1 aliphatic rings. The summed E-state index contributed by atoms with van der Waals surface area (Å²) in [4.78, 5) is 22.6. The minimum atomic E-state index is -0.406. The van der Waals surface area contributed by atoms with Crippen LogP contribution < -0.4 is 0 Å². The Morgan fingerprint density at radius 1 is 1.38 bits per heavy atom. The molecule has 3 aromatic rings. The molecular weight excluding hydrogens is 328 g/mol. The number of aromatic nitrogens is 5. The summed E-state index contributed by atoms with van der Waals surface area (Å²) in [6.45, 7) is 7.17. The molecule has 0 amide bonds. The number of pyridine rings is 1. The first kappa shape index (κ1) is 16.9. The first-order chi connectivity index (χ1) is 12.6. The SMILES string of the molecule is CC1CCN(Cc2cn(C(C)C(=O)c3c[nH]c4ncccc34)nn2)CC1. The van der Waals surface area contributed by atoms with Crippen molar-refractivity contribution < 1.29 is 4.79 Å². The van der Waals surface area contributed by atoms with Crippen LogP contribution in [0.25, 0.3) is 11.0 Å². The van der Waals surface area contributed by atoms with Gasteiger partial charge in [-0.1, -0.05) is 12.1 Å². The maximum absolute atomic E-state index is 12.9. The number of aromatic amines is 1. The van der Waals surface area contributed by atoms with Crippen LogP contribution in [0.2, 0.25) is 0 Å². The van der Waals surface area contributed by atoms with E-state index in [0.29, 0.717) is 5.56 Å². The van der Waals surface area contributed by atoms with Crippen molar-refractivity contribution in [3.8, 4) is 0 Å². The summed E-state index contributed by atoms with van der Waals surface area (Å²) in [7, 11) is 0. The van der Waals surface area contributed by atoms with Gasteiger partial charge in [-0.05, 0) is 50.9 Å². The van der Waals surface area contributed by atoms with Gasteiger partial charge in [0.1, 0.15) is 11.7 Å². The largest absolute Gasteiger partial charge is 0.345 e. The Morgan fingerprint density at radius 2 is 2.19 bits per heavy atom. The quantitative estimate of drug-likeness (QED) is 0.714. The van der Waals surface area contributed by atoms with Crippen LogP contribution in [0.4, 0.5) is 0 Å². The topological polar surface area (TPSA) is 79.7 Å². The van der Waals surface area contributed by atoms with Crippen LogP contribution >= 0.6 is 0 Å². The predicted octanol–water partition coefficient (Wildman–Crippen LogP) is 2.83. The van der Waals surface area contributed by atoms with Gasteiger partial charge in [0.05, 0.1) is 11.9 Å². The molecule has 1 saturated heterocycles. The fourth-order valence-corrected chi connectivity index (χ4v) is 3.53. The van der Waals surface area contributed by atoms with Gasteiger partial charge in [0.25, 0.3) is 0 Å². The number of H-pyrrole nitrogens is 1. The number of likely N-dealkylation sites (tertiary alicyclic amines) is 1. The molecule has 0 radical (unpaired) electrons. The van der Waals surface area contributed by atoms with Gasteiger partial charge in [-0.2, -0.15) is 0 Å². The van der Waals surface area contributed by atoms with Crippen LogP contribution in [0.1, 0.15) is 48.8 Å². The Kier molecular flexibility index (Phi) is 4.55. The molecule has 0 bridgehead atoms. The highest BCUT2D eigenvalue weighted by molar-refractivity contribution is 6.08. The van der Waals surface area contributed by atoms with Crippen LogP contribution in [0, 0.1) is 5.92 Å². The summed E-state index contributed by atoms with van der Waals surface area (Å²) in [6, 6.07) is 3.34. The number of hydrogen-bond donors (Lipinski definition) is 1. The zero-order valence-electron chi connectivity index (χ0n) is 15.2. The Morgan fingerprint density at radius 3 is 3.00 bits per heavy atom. The molecule has 4 rings (SSSR count). The van der Waals surface area contributed by atoms with Crippen molar-refractivity contribution in [1.82, 2.24) is 29.9 Å². The molecule has 0 aromatic carbocycles. The first-order valence-corrected chi connectivity index (χ1v) is 9.21. The molecule has 136 valence electrons. The van der Waals surface area contributed by atoms with E-state index in [2.05, 4.69) is 32.1 Å². The molecule has 1 N–H and O–H groups in total. The van der Waals surface area contributed by atoms with Gasteiger partial charge in [0.2, 0.25) is 0 Å². The fraction of sp³-hybridized carbons (Fsp3) is 0.474. The highest BCUT2D eigenvalue weighted by Crippen LogP contribution is 2.22. The van der Waals surface area contributed by atoms with Crippen molar-refractivity contribution in [3.63, 3.8) is 0 Å². The Balaban J connectivity index is 1.47. The van der Waals surface area contributed by atoms with E-state index in [1.165, 1.54) is 12.8 Å². The average Bonchev–Trinajstić information content (AvgIpc) is 3.29. The molecule has 0 aliphatic carbocycles. The summed E-state index contributed by atoms with van der Waals surface area (Å²) in [5.74, 6) is 0.817. The lowest BCUT2D eigenvalue weighted by atomic mass is 9.99. The standard InChI is InChI=1S/C19H24N6O/c1-13-5-8-24(9-6-13)11-15-12-25(23-22-15)14(2)18(26)17-10-21-19-16(17)4-3-7-20-19/h3-4,7,10,12-14H,5-6,8-9,11H2,1-2H3,(H,20,21). The number of hydrogen-bond acceptors (Lipinski definition) is 5. The van der Waals surface area contributed by atoms with E-state index in [-0.39, 0.29) is 5.78 Å². The number of nitrogens with zero attached hydrogens (tertiary/aromatic N) is 5. The zero-order chi connectivity index (χ0) is 18.1. The van der Waals surface area contributed by atoms with E-state index in [1.54, 1.807) is 17.1 Å². The van der Waals surface area contributed by atoms with Crippen LogP contribution in [0.5, 0.6) is 0 Å². The highest BCUT2D eigenvalue weighted by atomic mass is 16.1. The van der Waals surface area contributed by atoms with Crippen LogP contribution in [-0.4, -0.2) is 48.7 Å². The van der Waals surface area contributed by atoms with Crippen molar-refractivity contribution in [2.24, 2.45) is 5.92 Å². The molecular formula is C19H24N6O. The summed E-state index contributed by atoms with van der Waals surface area (Å²) in [5.41, 5.74) is 2.28. The molecule has 3 aromatic heterocycles. The maximum atomic E-state index is 12.9. The molecule has 1 fully saturated rings. The van der Waals surface area contributed by atoms with Crippen molar-refractivity contribution in [1.29, 1.82) is 0 Å². The molecule has 1 unspecified atom stereocenters. The number of nitrogens with one attached hydrogen (secondary N) is 1. The minimum Gasteiger partial charge on any atom is -0.345 e. The molecule has 0 spiro atoms. The second-order valence-corrected chi connectivity index (χ2v) is 7.29. The van der Waals surface area contributed by atoms with Crippen LogP contribution in [0.3, 0.4) is 0 Å². The first-order valence-electron chi connectivity index (χ1n) is 9.21. The molecule has 7 heteroatoms. The van der Waals surface area contributed by atoms with Gasteiger partial charge in [0, 0.05) is 29.9 Å². The second kappa shape index (κ2) is 6.99. The predicted molar refractivity (Wildman–Crippen MR) is 98.8 cm³/mol. The van der Waals surface area contributed by atoms with Gasteiger partial charge in [-0.15, -0.1) is 5.10 Å². The van der Waals surface area contributed by atoms with Gasteiger partial charge >= 0.3 is 0 Å². The van der Waals surface area contributed by atoms with Crippen molar-refractivity contribution in [2.75, 3.05) is 13.1 Å². The van der Waals surface area contributed by atoms with Crippen molar-refractivity contribution >= 4 is 16.8 Å². The Hall–Kier alpha value is -2.54. The summed E-state index contributed by atoms with van der Waals surface area (Å²) in [6.07, 6.45) is 7.80. The van der Waals surface area contributed by atoms with Crippen molar-refractivity contribution in [3.05, 3.63) is 42.0 Å². The lowest BCUT2D eigenvalue weighted by Gasteiger charge is -2.29. The van der Waals surface area contributed by atoms with E-state index < -0.39 is 6.04 Å². The van der Waals surface area contributed by atoms with E-state index in [1.807, 2.05) is 25.3 Å². The third kappa shape index (κ3) is 3.26. The van der Waals surface area contributed by atoms with Gasteiger partial charge in [0.15, 0.2) is 5.78 Å². The molecule has 0 saturated carbocycles. The third-order valence-electron chi connectivity index (χ3n) is 5.31. The molecule has 1 atom stereocenters. The number of piperidine rings is 1. The Labute approximate surface area is 152 Å². The summed E-state index contributed by atoms with van der Waals surface area (Å²) in [5, 5.41) is 9.32. The lowest BCUT2D eigenvalue weighted by Crippen LogP contribution is -2.32. The number of ketones is 1. The smallest absolute Gasteiger partial charge is 0.189 e. The number of rotatable bonds is 5. The number of carbonyl (C=O) groups is 1. The van der Waals surface area contributed by atoms with E-state index in [4.69, 9.17) is 0 Å². The zero-order valence-corrected chi connectivity index (χ0v) is 15.2. The van der Waals surface area contributed by atoms with Gasteiger partial charge < -0.3 is 4.98 Å². The average molecular weight is 352 g/mol. The summed E-state index contributed by atoms with van der Waals surface area (Å²) >= 11 is 0. The van der Waals surface area contributed by atoms with Crippen molar-refractivity contribution in [2.45, 2.75) is 39.3 Å². The molecule has 26 heavy (non-hydrogen) atoms. The monoisotopic (exact) mass is 352 g/mol. The number of fused-ring (bicyclic) bond motifs is 1. The third-order valence-corrected chi connectivity index (χ3v) is 5.31. The molecule has 1 aliphatic heterocycles. The number of Topliss-reactive ketones (excluding diaryl/α,β-unsaturated/α-hetero) is 1. The van der Waals surface area contributed by atoms with E-state index >= 15 is 0 Å². The van der Waals surface area contributed by atoms with Crippen LogP contribution in [0.15, 0.2) is 30.7 Å². The fourth-order valence-electron chi connectivity index (χ4n) is 3.53. The molecule has 4 heterocycles. The lowest BCUT2D eigenvalue weighted by molar-refractivity contribution is 0.0928. The van der Waals surface area contributed by atoms with Gasteiger partial charge in [-0.25, -0.2) is 9.67 Å². The summed E-state index contributed by atoms with van der Waals surface area (Å²) < 4.78 is 1.67. The Bertz CT molecular complexity index is 906. The van der Waals surface area contributed by atoms with Crippen LogP contribution in [-0.2, 0) is 6.54 Å². The minimum absolute atomic E-state index is 0.00694. The highest BCUT2D eigenvalue weighted by Gasteiger charge is 2.23. The normalized spacial score (nSPS) is 17.6. The maximum Gasteiger partial charge on any atom is 0.189 e. The van der Waals surface area contributed by atoms with E-state index in [9.17, 15) is 4.79 Å². The van der Waals surface area contributed by atoms with E-state index in [0.717, 1.165) is 42.3 Å².